The molecule has 0 spiro atoms. The maximum Gasteiger partial charge on any atom is 0.222 e. The quantitative estimate of drug-likeness (QED) is 0.768. The van der Waals surface area contributed by atoms with E-state index in [-0.39, 0.29) is 18.2 Å². The third-order valence-corrected chi connectivity index (χ3v) is 3.35. The van der Waals surface area contributed by atoms with Crippen LogP contribution >= 0.6 is 0 Å². The van der Waals surface area contributed by atoms with Gasteiger partial charge in [-0.15, -0.1) is 0 Å². The Kier molecular flexibility index (Phi) is 4.51. The highest BCUT2D eigenvalue weighted by atomic mass is 16.2. The smallest absolute Gasteiger partial charge is 0.222 e. The average Bonchev–Trinajstić information content (AvgIpc) is 2.39. The molecule has 0 atom stereocenters. The summed E-state index contributed by atoms with van der Waals surface area (Å²) in [7, 11) is 0. The Morgan fingerprint density at radius 1 is 1.06 bits per heavy atom. The second-order valence-corrected chi connectivity index (χ2v) is 4.77. The molecule has 0 saturated carbocycles. The fourth-order valence-electron chi connectivity index (χ4n) is 2.27. The van der Waals surface area contributed by atoms with E-state index in [1.165, 1.54) is 0 Å². The molecule has 1 saturated heterocycles. The van der Waals surface area contributed by atoms with E-state index in [0.29, 0.717) is 12.0 Å². The number of ketones is 1. The molecule has 0 aliphatic carbocycles. The van der Waals surface area contributed by atoms with Gasteiger partial charge in [0.2, 0.25) is 5.91 Å². The molecular weight excluding hydrogens is 226 g/mol. The van der Waals surface area contributed by atoms with Crippen LogP contribution in [0.5, 0.6) is 0 Å². The Balaban J connectivity index is 1.98. The number of amides is 1. The topological polar surface area (TPSA) is 37.4 Å². The fourth-order valence-corrected chi connectivity index (χ4v) is 2.27. The highest BCUT2D eigenvalue weighted by molar-refractivity contribution is 5.99. The minimum atomic E-state index is 0.0320. The molecule has 1 aromatic carbocycles. The first-order chi connectivity index (χ1) is 8.77. The second-order valence-electron chi connectivity index (χ2n) is 4.77. The zero-order chi connectivity index (χ0) is 12.8. The molecule has 1 heterocycles. The Hall–Kier alpha value is -1.64. The van der Waals surface area contributed by atoms with E-state index in [9.17, 15) is 9.59 Å². The van der Waals surface area contributed by atoms with Gasteiger partial charge in [-0.3, -0.25) is 9.59 Å². The Bertz CT molecular complexity index is 414. The van der Waals surface area contributed by atoms with Crippen molar-refractivity contribution in [3.63, 3.8) is 0 Å². The Morgan fingerprint density at radius 2 is 1.78 bits per heavy atom. The minimum Gasteiger partial charge on any atom is -0.335 e. The van der Waals surface area contributed by atoms with Gasteiger partial charge < -0.3 is 4.90 Å². The number of hydrogen-bond acceptors (Lipinski definition) is 2. The molecule has 0 bridgehead atoms. The summed E-state index contributed by atoms with van der Waals surface area (Å²) < 4.78 is 0. The van der Waals surface area contributed by atoms with Crippen LogP contribution in [0.2, 0.25) is 0 Å². The van der Waals surface area contributed by atoms with Crippen LogP contribution < -0.4 is 0 Å². The van der Waals surface area contributed by atoms with E-state index in [1.807, 2.05) is 18.2 Å². The average molecular weight is 245 g/mol. The normalized spacial score (nSPS) is 17.1. The highest BCUT2D eigenvalue weighted by Crippen LogP contribution is 2.12. The number of carbonyl (C=O) groups is 2. The Morgan fingerprint density at radius 3 is 2.56 bits per heavy atom. The maximum atomic E-state index is 12.1. The van der Waals surface area contributed by atoms with Crippen molar-refractivity contribution in [2.24, 2.45) is 0 Å². The van der Waals surface area contributed by atoms with Gasteiger partial charge in [0.1, 0.15) is 0 Å². The molecule has 0 unspecified atom stereocenters. The largest absolute Gasteiger partial charge is 0.335 e. The highest BCUT2D eigenvalue weighted by Gasteiger charge is 2.18. The summed E-state index contributed by atoms with van der Waals surface area (Å²) in [6, 6.07) is 9.19. The van der Waals surface area contributed by atoms with Crippen LogP contribution in [0.25, 0.3) is 0 Å². The molecule has 0 N–H and O–H groups in total. The van der Waals surface area contributed by atoms with Crippen LogP contribution in [-0.4, -0.2) is 29.7 Å². The number of hydrogen-bond donors (Lipinski definition) is 0. The zero-order valence-corrected chi connectivity index (χ0v) is 10.6. The third kappa shape index (κ3) is 3.42. The fraction of sp³-hybridized carbons (Fsp3) is 0.467. The van der Waals surface area contributed by atoms with E-state index in [4.69, 9.17) is 0 Å². The molecule has 1 aliphatic rings. The van der Waals surface area contributed by atoms with E-state index >= 15 is 0 Å². The summed E-state index contributed by atoms with van der Waals surface area (Å²) in [6.45, 7) is 0.945. The van der Waals surface area contributed by atoms with Crippen molar-refractivity contribution in [3.8, 4) is 0 Å². The first kappa shape index (κ1) is 12.8. The molecule has 1 aliphatic heterocycles. The third-order valence-electron chi connectivity index (χ3n) is 3.35. The van der Waals surface area contributed by atoms with E-state index in [2.05, 4.69) is 0 Å². The number of rotatable bonds is 3. The summed E-state index contributed by atoms with van der Waals surface area (Å²) in [5, 5.41) is 0. The SMILES string of the molecule is O=C(CN1CCCCCCC1=O)c1ccccc1. The molecule has 3 nitrogen and oxygen atoms in total. The van der Waals surface area contributed by atoms with Crippen molar-refractivity contribution < 1.29 is 9.59 Å². The number of likely N-dealkylation sites (tertiary alicyclic amines) is 1. The number of Topliss-reactive ketones (excluding diaryl/α,β-unsaturated/α-hetero) is 1. The molecule has 2 rings (SSSR count). The van der Waals surface area contributed by atoms with Crippen molar-refractivity contribution in [1.29, 1.82) is 0 Å². The van der Waals surface area contributed by atoms with Crippen LogP contribution in [0.3, 0.4) is 0 Å². The van der Waals surface area contributed by atoms with Crippen molar-refractivity contribution >= 4 is 11.7 Å². The zero-order valence-electron chi connectivity index (χ0n) is 10.6. The van der Waals surface area contributed by atoms with Crippen LogP contribution in [0, 0.1) is 0 Å². The van der Waals surface area contributed by atoms with Crippen LogP contribution in [0.4, 0.5) is 0 Å². The molecule has 1 amide bonds. The molecule has 0 aromatic heterocycles. The molecular formula is C15H19NO2. The first-order valence-electron chi connectivity index (χ1n) is 6.63. The lowest BCUT2D eigenvalue weighted by molar-refractivity contribution is -0.131. The van der Waals surface area contributed by atoms with Gasteiger partial charge in [0.25, 0.3) is 0 Å². The maximum absolute atomic E-state index is 12.1. The molecule has 3 heteroatoms. The lowest BCUT2D eigenvalue weighted by Crippen LogP contribution is -2.37. The van der Waals surface area contributed by atoms with E-state index < -0.39 is 0 Å². The van der Waals surface area contributed by atoms with Gasteiger partial charge in [-0.05, 0) is 12.8 Å². The monoisotopic (exact) mass is 245 g/mol. The van der Waals surface area contributed by atoms with Crippen LogP contribution in [0.15, 0.2) is 30.3 Å². The summed E-state index contributed by atoms with van der Waals surface area (Å²) in [4.78, 5) is 25.7. The van der Waals surface area contributed by atoms with Gasteiger partial charge in [0.05, 0.1) is 6.54 Å². The van der Waals surface area contributed by atoms with Crippen LogP contribution in [-0.2, 0) is 4.79 Å². The summed E-state index contributed by atoms with van der Waals surface area (Å²) >= 11 is 0. The van der Waals surface area contributed by atoms with Crippen molar-refractivity contribution in [3.05, 3.63) is 35.9 Å². The number of benzene rings is 1. The molecule has 1 fully saturated rings. The second kappa shape index (κ2) is 6.34. The van der Waals surface area contributed by atoms with Crippen molar-refractivity contribution in [2.75, 3.05) is 13.1 Å². The summed E-state index contributed by atoms with van der Waals surface area (Å²) in [6.07, 6.45) is 4.83. The lowest BCUT2D eigenvalue weighted by Gasteiger charge is -2.24. The summed E-state index contributed by atoms with van der Waals surface area (Å²) in [5.74, 6) is 0.156. The van der Waals surface area contributed by atoms with Gasteiger partial charge in [-0.2, -0.15) is 0 Å². The van der Waals surface area contributed by atoms with Crippen LogP contribution in [0.1, 0.15) is 42.5 Å². The van der Waals surface area contributed by atoms with Gasteiger partial charge in [-0.1, -0.05) is 43.2 Å². The standard InChI is InChI=1S/C15H19NO2/c17-14(13-8-4-3-5-9-13)12-16-11-7-2-1-6-10-15(16)18/h3-5,8-9H,1-2,6-7,10-12H2. The lowest BCUT2D eigenvalue weighted by atomic mass is 10.1. The number of carbonyl (C=O) groups excluding carboxylic acids is 2. The van der Waals surface area contributed by atoms with Gasteiger partial charge in [0, 0.05) is 18.5 Å². The molecule has 0 radical (unpaired) electrons. The van der Waals surface area contributed by atoms with Crippen molar-refractivity contribution in [2.45, 2.75) is 32.1 Å². The van der Waals surface area contributed by atoms with E-state index in [1.54, 1.807) is 17.0 Å². The molecule has 18 heavy (non-hydrogen) atoms. The summed E-state index contributed by atoms with van der Waals surface area (Å²) in [5.41, 5.74) is 0.687. The number of nitrogens with zero attached hydrogens (tertiary/aromatic N) is 1. The van der Waals surface area contributed by atoms with Gasteiger partial charge >= 0.3 is 0 Å². The van der Waals surface area contributed by atoms with Gasteiger partial charge in [-0.25, -0.2) is 0 Å². The molecule has 96 valence electrons. The predicted octanol–water partition coefficient (Wildman–Crippen LogP) is 2.66. The minimum absolute atomic E-state index is 0.0320. The first-order valence-corrected chi connectivity index (χ1v) is 6.63. The predicted molar refractivity (Wildman–Crippen MR) is 70.4 cm³/mol. The van der Waals surface area contributed by atoms with E-state index in [0.717, 1.165) is 32.2 Å². The van der Waals surface area contributed by atoms with Crippen molar-refractivity contribution in [1.82, 2.24) is 4.90 Å². The molecule has 1 aromatic rings. The van der Waals surface area contributed by atoms with Gasteiger partial charge in [0.15, 0.2) is 5.78 Å². The Labute approximate surface area is 108 Å².